The average molecular weight is 728 g/mol. The fourth-order valence-electron chi connectivity index (χ4n) is 6.71. The Morgan fingerprint density at radius 3 is 1.23 bits per heavy atom. The quantitative estimate of drug-likeness (QED) is 0.0973. The van der Waals surface area contributed by atoms with Gasteiger partial charge >= 0.3 is 26.2 Å². The van der Waals surface area contributed by atoms with Crippen LogP contribution in [0.2, 0.25) is 13.1 Å². The van der Waals surface area contributed by atoms with Crippen molar-refractivity contribution in [3.05, 3.63) is 131 Å². The predicted molar refractivity (Wildman–Crippen MR) is 213 cm³/mol. The first-order valence-corrected chi connectivity index (χ1v) is 20.0. The van der Waals surface area contributed by atoms with Gasteiger partial charge in [0.15, 0.2) is 0 Å². The number of benzene rings is 4. The van der Waals surface area contributed by atoms with Crippen molar-refractivity contribution >= 4 is 31.1 Å². The minimum absolute atomic E-state index is 0. The van der Waals surface area contributed by atoms with Crippen LogP contribution in [0.5, 0.6) is 0 Å². The molecule has 0 N–H and O–H groups in total. The summed E-state index contributed by atoms with van der Waals surface area (Å²) >= 11 is 0. The van der Waals surface area contributed by atoms with E-state index < -0.39 is 0 Å². The SMILES string of the molecule is CCCc1cc2c(-c3ccccc3C(C)CC)cccc2[cH-]1.CCCc1cc2c(-c3ccccc3C(C)CC)cccc2[cH-]1.C[Si]C.[Zr+2]. The van der Waals surface area contributed by atoms with E-state index in [1.165, 1.54) is 105 Å². The topological polar surface area (TPSA) is 0 Å². The summed E-state index contributed by atoms with van der Waals surface area (Å²) in [5, 5.41) is 5.56. The van der Waals surface area contributed by atoms with Crippen molar-refractivity contribution in [3.8, 4) is 22.3 Å². The van der Waals surface area contributed by atoms with Crippen LogP contribution in [0.1, 0.15) is 101 Å². The van der Waals surface area contributed by atoms with Crippen molar-refractivity contribution in [2.45, 2.75) is 105 Å². The largest absolute Gasteiger partial charge is 2.00 e. The fraction of sp³-hybridized carbons (Fsp3) is 0.348. The van der Waals surface area contributed by atoms with Gasteiger partial charge in [-0.1, -0.05) is 139 Å². The van der Waals surface area contributed by atoms with Gasteiger partial charge in [0, 0.05) is 9.52 Å². The van der Waals surface area contributed by atoms with Crippen LogP contribution in [0.25, 0.3) is 43.8 Å². The maximum absolute atomic E-state index is 2.39. The van der Waals surface area contributed by atoms with Crippen molar-refractivity contribution in [2.75, 3.05) is 0 Å². The second kappa shape index (κ2) is 20.0. The zero-order chi connectivity index (χ0) is 33.8. The van der Waals surface area contributed by atoms with Crippen LogP contribution in [-0.2, 0) is 39.0 Å². The van der Waals surface area contributed by atoms with Crippen molar-refractivity contribution in [3.63, 3.8) is 0 Å². The van der Waals surface area contributed by atoms with E-state index in [2.05, 4.69) is 164 Å². The van der Waals surface area contributed by atoms with Crippen molar-refractivity contribution in [1.82, 2.24) is 0 Å². The van der Waals surface area contributed by atoms with E-state index in [1.807, 2.05) is 0 Å². The van der Waals surface area contributed by atoms with Crippen molar-refractivity contribution in [2.24, 2.45) is 0 Å². The molecule has 2 heteroatoms. The standard InChI is InChI=1S/2C22H25.C2H6Si.Zr/c2*1-4-9-17-14-18-10-8-13-21(22(18)15-17)20-12-7-6-11-19(20)16(3)5-2;1-3-2;/h2*6-8,10-16H,4-5,9H2,1-3H3;1-2H3;/q2*-1;;+2. The minimum Gasteiger partial charge on any atom is -0.164 e. The van der Waals surface area contributed by atoms with Crippen LogP contribution in [0.3, 0.4) is 0 Å². The van der Waals surface area contributed by atoms with E-state index in [0.29, 0.717) is 11.8 Å². The van der Waals surface area contributed by atoms with Gasteiger partial charge < -0.3 is 0 Å². The molecule has 0 aliphatic heterocycles. The molecule has 0 saturated heterocycles. The molecular formula is C46H56SiZr. The molecule has 2 radical (unpaired) electrons. The molecule has 0 aliphatic rings. The van der Waals surface area contributed by atoms with E-state index in [9.17, 15) is 0 Å². The van der Waals surface area contributed by atoms with E-state index in [1.54, 1.807) is 0 Å². The molecule has 248 valence electrons. The van der Waals surface area contributed by atoms with Crippen LogP contribution in [0.4, 0.5) is 0 Å². The second-order valence-electron chi connectivity index (χ2n) is 13.1. The van der Waals surface area contributed by atoms with E-state index in [-0.39, 0.29) is 26.2 Å². The monoisotopic (exact) mass is 726 g/mol. The first-order chi connectivity index (χ1) is 22.9. The number of hydrogen-bond acceptors (Lipinski definition) is 0. The Labute approximate surface area is 314 Å². The molecule has 6 aromatic rings. The summed E-state index contributed by atoms with van der Waals surface area (Å²) in [6, 6.07) is 40.7. The van der Waals surface area contributed by atoms with Crippen molar-refractivity contribution < 1.29 is 26.2 Å². The molecule has 6 aromatic carbocycles. The Hall–Kier alpha value is -2.80. The molecular weight excluding hydrogens is 672 g/mol. The first-order valence-electron chi connectivity index (χ1n) is 18.0. The zero-order valence-corrected chi connectivity index (χ0v) is 34.2. The molecule has 0 bridgehead atoms. The summed E-state index contributed by atoms with van der Waals surface area (Å²) in [6.07, 6.45) is 7.09. The first kappa shape index (κ1) is 39.6. The Balaban J connectivity index is 0.000000236. The molecule has 0 fully saturated rings. The molecule has 0 nitrogen and oxygen atoms in total. The molecule has 48 heavy (non-hydrogen) atoms. The molecule has 0 aliphatic carbocycles. The van der Waals surface area contributed by atoms with Crippen LogP contribution in [0.15, 0.2) is 109 Å². The normalized spacial score (nSPS) is 12.0. The second-order valence-corrected chi connectivity index (χ2v) is 14.1. The molecule has 2 unspecified atom stereocenters. The Morgan fingerprint density at radius 1 is 0.521 bits per heavy atom. The van der Waals surface area contributed by atoms with Gasteiger partial charge in [-0.05, 0) is 59.8 Å². The van der Waals surface area contributed by atoms with Crippen molar-refractivity contribution in [1.29, 1.82) is 0 Å². The van der Waals surface area contributed by atoms with Gasteiger partial charge in [-0.25, -0.2) is 0 Å². The van der Waals surface area contributed by atoms with Gasteiger partial charge in [-0.15, -0.1) is 69.1 Å². The number of fused-ring (bicyclic) bond motifs is 2. The van der Waals surface area contributed by atoms with Crippen LogP contribution in [0, 0.1) is 0 Å². The molecule has 0 saturated carbocycles. The average Bonchev–Trinajstić information content (AvgIpc) is 3.72. The summed E-state index contributed by atoms with van der Waals surface area (Å²) in [4.78, 5) is 0. The molecule has 6 rings (SSSR count). The van der Waals surface area contributed by atoms with Gasteiger partial charge in [-0.3, -0.25) is 0 Å². The van der Waals surface area contributed by atoms with E-state index in [4.69, 9.17) is 0 Å². The molecule has 0 heterocycles. The summed E-state index contributed by atoms with van der Waals surface area (Å²) in [5.41, 5.74) is 11.4. The Bertz CT molecular complexity index is 1690. The molecule has 0 spiro atoms. The maximum Gasteiger partial charge on any atom is 2.00 e. The summed E-state index contributed by atoms with van der Waals surface area (Å²) in [6.45, 7) is 18.0. The summed E-state index contributed by atoms with van der Waals surface area (Å²) < 4.78 is 0. The Morgan fingerprint density at radius 2 is 0.875 bits per heavy atom. The third-order valence-corrected chi connectivity index (χ3v) is 9.49. The third kappa shape index (κ3) is 9.67. The van der Waals surface area contributed by atoms with Gasteiger partial charge in [0.2, 0.25) is 0 Å². The van der Waals surface area contributed by atoms with Gasteiger partial charge in [-0.2, -0.15) is 12.1 Å². The Kier molecular flexibility index (Phi) is 16.5. The van der Waals surface area contributed by atoms with Gasteiger partial charge in [0.25, 0.3) is 0 Å². The number of aryl methyl sites for hydroxylation is 2. The van der Waals surface area contributed by atoms with Gasteiger partial charge in [0.05, 0.1) is 0 Å². The summed E-state index contributed by atoms with van der Waals surface area (Å²) in [5.74, 6) is 1.19. The van der Waals surface area contributed by atoms with Crippen LogP contribution >= 0.6 is 0 Å². The fourth-order valence-corrected chi connectivity index (χ4v) is 6.71. The maximum atomic E-state index is 2.39. The van der Waals surface area contributed by atoms with E-state index in [0.717, 1.165) is 9.52 Å². The molecule has 0 amide bonds. The predicted octanol–water partition coefficient (Wildman–Crippen LogP) is 14.2. The molecule has 0 aromatic heterocycles. The van der Waals surface area contributed by atoms with Gasteiger partial charge in [0.1, 0.15) is 0 Å². The summed E-state index contributed by atoms with van der Waals surface area (Å²) in [7, 11) is 1.08. The molecule has 2 atom stereocenters. The third-order valence-electron chi connectivity index (χ3n) is 9.49. The van der Waals surface area contributed by atoms with E-state index >= 15 is 0 Å². The number of rotatable bonds is 10. The van der Waals surface area contributed by atoms with Crippen LogP contribution in [-0.4, -0.2) is 9.52 Å². The van der Waals surface area contributed by atoms with Crippen LogP contribution < -0.4 is 0 Å². The zero-order valence-electron chi connectivity index (χ0n) is 30.8. The smallest absolute Gasteiger partial charge is 0.164 e. The number of hydrogen-bond donors (Lipinski definition) is 0. The minimum atomic E-state index is 0.